The summed E-state index contributed by atoms with van der Waals surface area (Å²) in [6.07, 6.45) is 0.551. The highest BCUT2D eigenvalue weighted by atomic mass is 16.4. The predicted molar refractivity (Wildman–Crippen MR) is 64.7 cm³/mol. The zero-order valence-electron chi connectivity index (χ0n) is 10.3. The van der Waals surface area contributed by atoms with Gasteiger partial charge in [-0.1, -0.05) is 23.8 Å². The van der Waals surface area contributed by atoms with E-state index in [4.69, 9.17) is 5.11 Å². The fourth-order valence-corrected chi connectivity index (χ4v) is 1.72. The van der Waals surface area contributed by atoms with Crippen molar-refractivity contribution in [3.63, 3.8) is 0 Å². The van der Waals surface area contributed by atoms with Gasteiger partial charge in [0.15, 0.2) is 0 Å². The van der Waals surface area contributed by atoms with Crippen LogP contribution in [0.1, 0.15) is 16.7 Å². The van der Waals surface area contributed by atoms with Crippen LogP contribution in [-0.2, 0) is 11.2 Å². The van der Waals surface area contributed by atoms with Crippen molar-refractivity contribution in [3.8, 4) is 0 Å². The smallest absolute Gasteiger partial charge is 0.321 e. The minimum absolute atomic E-state index is 0.458. The van der Waals surface area contributed by atoms with Crippen molar-refractivity contribution < 1.29 is 9.90 Å². The van der Waals surface area contributed by atoms with Gasteiger partial charge < -0.3 is 5.11 Å². The molecule has 0 saturated carbocycles. The van der Waals surface area contributed by atoms with E-state index < -0.39 is 12.0 Å². The molecule has 1 aromatic carbocycles. The summed E-state index contributed by atoms with van der Waals surface area (Å²) < 4.78 is 0. The molecule has 1 rings (SSSR count). The van der Waals surface area contributed by atoms with E-state index in [1.165, 1.54) is 5.56 Å². The summed E-state index contributed by atoms with van der Waals surface area (Å²) >= 11 is 0. The van der Waals surface area contributed by atoms with Gasteiger partial charge in [-0.2, -0.15) is 0 Å². The first kappa shape index (κ1) is 12.7. The molecule has 0 aromatic heterocycles. The highest BCUT2D eigenvalue weighted by Crippen LogP contribution is 2.14. The summed E-state index contributed by atoms with van der Waals surface area (Å²) in [5.41, 5.74) is 3.43. The maximum absolute atomic E-state index is 11.1. The Balaban J connectivity index is 2.93. The Morgan fingerprint density at radius 1 is 1.38 bits per heavy atom. The zero-order chi connectivity index (χ0) is 12.3. The van der Waals surface area contributed by atoms with E-state index in [9.17, 15) is 4.79 Å². The van der Waals surface area contributed by atoms with Crippen LogP contribution in [0.2, 0.25) is 0 Å². The molecule has 0 amide bonds. The maximum Gasteiger partial charge on any atom is 0.321 e. The Morgan fingerprint density at radius 3 is 2.50 bits per heavy atom. The first-order valence-electron chi connectivity index (χ1n) is 5.37. The molecule has 1 aromatic rings. The van der Waals surface area contributed by atoms with Gasteiger partial charge in [0.1, 0.15) is 6.04 Å². The fraction of sp³-hybridized carbons (Fsp3) is 0.462. The van der Waals surface area contributed by atoms with Crippen LogP contribution in [0.15, 0.2) is 18.2 Å². The molecule has 0 aliphatic heterocycles. The summed E-state index contributed by atoms with van der Waals surface area (Å²) in [5, 5.41) is 9.12. The summed E-state index contributed by atoms with van der Waals surface area (Å²) in [7, 11) is 3.59. The van der Waals surface area contributed by atoms with Gasteiger partial charge in [-0.25, -0.2) is 0 Å². The van der Waals surface area contributed by atoms with Crippen LogP contribution in [0.5, 0.6) is 0 Å². The minimum Gasteiger partial charge on any atom is -0.480 e. The molecule has 16 heavy (non-hydrogen) atoms. The molecule has 0 radical (unpaired) electrons. The van der Waals surface area contributed by atoms with Gasteiger partial charge in [0.25, 0.3) is 0 Å². The van der Waals surface area contributed by atoms with Crippen LogP contribution in [-0.4, -0.2) is 36.1 Å². The first-order chi connectivity index (χ1) is 7.41. The molecule has 0 aliphatic rings. The Kier molecular flexibility index (Phi) is 4.07. The number of hydrogen-bond acceptors (Lipinski definition) is 2. The van der Waals surface area contributed by atoms with Crippen LogP contribution >= 0.6 is 0 Å². The number of carbonyl (C=O) groups is 1. The molecule has 1 N–H and O–H groups in total. The second-order valence-electron chi connectivity index (χ2n) is 4.45. The second kappa shape index (κ2) is 5.12. The highest BCUT2D eigenvalue weighted by molar-refractivity contribution is 5.74. The SMILES string of the molecule is Cc1ccc(C)c(CC(C(=O)O)N(C)C)c1. The molecule has 1 atom stereocenters. The third kappa shape index (κ3) is 3.07. The molecule has 0 spiro atoms. The molecule has 88 valence electrons. The Bertz CT molecular complexity index is 386. The van der Waals surface area contributed by atoms with Gasteiger partial charge in [0.2, 0.25) is 0 Å². The predicted octanol–water partition coefficient (Wildman–Crippen LogP) is 1.86. The van der Waals surface area contributed by atoms with Gasteiger partial charge in [-0.3, -0.25) is 9.69 Å². The number of rotatable bonds is 4. The first-order valence-corrected chi connectivity index (χ1v) is 5.37. The Hall–Kier alpha value is -1.35. The number of carboxylic acid groups (broad SMARTS) is 1. The van der Waals surface area contributed by atoms with E-state index in [0.717, 1.165) is 11.1 Å². The standard InChI is InChI=1S/C13H19NO2/c1-9-5-6-10(2)11(7-9)8-12(13(15)16)14(3)4/h5-7,12H,8H2,1-4H3,(H,15,16). The lowest BCUT2D eigenvalue weighted by atomic mass is 9.98. The lowest BCUT2D eigenvalue weighted by Crippen LogP contribution is -2.37. The second-order valence-corrected chi connectivity index (χ2v) is 4.45. The summed E-state index contributed by atoms with van der Waals surface area (Å²) in [6, 6.07) is 5.69. The molecular weight excluding hydrogens is 202 g/mol. The maximum atomic E-state index is 11.1. The number of aryl methyl sites for hydroxylation is 2. The molecule has 0 aliphatic carbocycles. The van der Waals surface area contributed by atoms with Gasteiger partial charge in [-0.05, 0) is 45.5 Å². The highest BCUT2D eigenvalue weighted by Gasteiger charge is 2.20. The minimum atomic E-state index is -0.772. The van der Waals surface area contributed by atoms with E-state index >= 15 is 0 Å². The lowest BCUT2D eigenvalue weighted by Gasteiger charge is -2.21. The van der Waals surface area contributed by atoms with Crippen molar-refractivity contribution in [1.82, 2.24) is 4.90 Å². The number of carboxylic acids is 1. The van der Waals surface area contributed by atoms with E-state index in [2.05, 4.69) is 6.07 Å². The molecule has 0 bridgehead atoms. The Morgan fingerprint density at radius 2 is 2.00 bits per heavy atom. The third-order valence-corrected chi connectivity index (χ3v) is 2.83. The fourth-order valence-electron chi connectivity index (χ4n) is 1.72. The molecular formula is C13H19NO2. The average Bonchev–Trinajstić information content (AvgIpc) is 2.18. The van der Waals surface area contributed by atoms with Crippen LogP contribution < -0.4 is 0 Å². The van der Waals surface area contributed by atoms with Gasteiger partial charge in [-0.15, -0.1) is 0 Å². The number of nitrogens with zero attached hydrogens (tertiary/aromatic N) is 1. The van der Waals surface area contributed by atoms with Crippen LogP contribution in [0.3, 0.4) is 0 Å². The topological polar surface area (TPSA) is 40.5 Å². The summed E-state index contributed by atoms with van der Waals surface area (Å²) in [6.45, 7) is 4.04. The van der Waals surface area contributed by atoms with E-state index in [0.29, 0.717) is 6.42 Å². The molecule has 1 unspecified atom stereocenters. The molecule has 0 fully saturated rings. The van der Waals surface area contributed by atoms with Crippen molar-refractivity contribution in [3.05, 3.63) is 34.9 Å². The average molecular weight is 221 g/mol. The van der Waals surface area contributed by atoms with E-state index in [-0.39, 0.29) is 0 Å². The number of benzene rings is 1. The van der Waals surface area contributed by atoms with Crippen molar-refractivity contribution >= 4 is 5.97 Å². The molecule has 3 nitrogen and oxygen atoms in total. The van der Waals surface area contributed by atoms with E-state index in [1.807, 2.05) is 26.0 Å². The van der Waals surface area contributed by atoms with Crippen molar-refractivity contribution in [2.24, 2.45) is 0 Å². The van der Waals surface area contributed by atoms with E-state index in [1.54, 1.807) is 19.0 Å². The van der Waals surface area contributed by atoms with Crippen molar-refractivity contribution in [1.29, 1.82) is 0 Å². The number of aliphatic carboxylic acids is 1. The largest absolute Gasteiger partial charge is 0.480 e. The van der Waals surface area contributed by atoms with Crippen molar-refractivity contribution in [2.45, 2.75) is 26.3 Å². The molecule has 0 saturated heterocycles. The van der Waals surface area contributed by atoms with Gasteiger partial charge in [0, 0.05) is 0 Å². The lowest BCUT2D eigenvalue weighted by molar-refractivity contribution is -0.142. The van der Waals surface area contributed by atoms with Gasteiger partial charge in [0.05, 0.1) is 0 Å². The van der Waals surface area contributed by atoms with Crippen molar-refractivity contribution in [2.75, 3.05) is 14.1 Å². The number of hydrogen-bond donors (Lipinski definition) is 1. The molecule has 0 heterocycles. The quantitative estimate of drug-likeness (QED) is 0.843. The van der Waals surface area contributed by atoms with Crippen LogP contribution in [0.25, 0.3) is 0 Å². The summed E-state index contributed by atoms with van der Waals surface area (Å²) in [4.78, 5) is 12.8. The normalized spacial score (nSPS) is 12.8. The number of likely N-dealkylation sites (N-methyl/N-ethyl adjacent to an activating group) is 1. The zero-order valence-corrected chi connectivity index (χ0v) is 10.3. The Labute approximate surface area is 96.7 Å². The van der Waals surface area contributed by atoms with Crippen LogP contribution in [0, 0.1) is 13.8 Å². The summed E-state index contributed by atoms with van der Waals surface area (Å²) in [5.74, 6) is -0.772. The van der Waals surface area contributed by atoms with Crippen LogP contribution in [0.4, 0.5) is 0 Å². The monoisotopic (exact) mass is 221 g/mol. The van der Waals surface area contributed by atoms with Gasteiger partial charge >= 0.3 is 5.97 Å². The third-order valence-electron chi connectivity index (χ3n) is 2.83. The molecule has 3 heteroatoms.